The minimum Gasteiger partial charge on any atom is -0.377 e. The molecule has 46 heavy (non-hydrogen) atoms. The Morgan fingerprint density at radius 2 is 1.83 bits per heavy atom. The molecule has 1 amide bonds. The van der Waals surface area contributed by atoms with E-state index in [1.54, 1.807) is 0 Å². The Labute approximate surface area is 257 Å². The number of benzene rings is 1. The highest BCUT2D eigenvalue weighted by molar-refractivity contribution is 5.98. The average Bonchev–Trinajstić information content (AvgIpc) is 3.03. The van der Waals surface area contributed by atoms with Crippen molar-refractivity contribution in [2.75, 3.05) is 24.7 Å². The maximum Gasteiger partial charge on any atom is 0.411 e. The average molecular weight is 647 g/mol. The van der Waals surface area contributed by atoms with Crippen molar-refractivity contribution in [3.8, 4) is 5.82 Å². The standard InChI is InChI=1S/C30H27F5N6O5/c1-3-23(42)21(10-16-4-5-25(37-13-16)41-28(44)18-6-7-36-14-22(18)39(2)29(41)45)38-27(43)26-19(31)11-17(12-20(26)32)40-8-9-46-15-24(40)30(33,34)35/h4-7,11-14,21,24H,3,8-10,15H2,1-2H3,(H,38,43)/t21-,24+/m0/s1. The Balaban J connectivity index is 1.38. The highest BCUT2D eigenvalue weighted by atomic mass is 19.4. The molecule has 1 aromatic carbocycles. The SMILES string of the molecule is CCC(=O)[C@H](Cc1ccc(-n2c(=O)c3ccncc3n(C)c2=O)nc1)NC(=O)c1c(F)cc(N2CCOC[C@@H]2C(F)(F)F)cc1F. The van der Waals surface area contributed by atoms with Crippen molar-refractivity contribution in [1.82, 2.24) is 24.4 Å². The number of Topliss-reactive ketones (excluding diaryl/α,β-unsaturated/α-hetero) is 1. The van der Waals surface area contributed by atoms with E-state index in [0.29, 0.717) is 23.2 Å². The van der Waals surface area contributed by atoms with Crippen LogP contribution in [0.3, 0.4) is 0 Å². The number of anilines is 1. The summed E-state index contributed by atoms with van der Waals surface area (Å²) in [5, 5.41) is 2.55. The van der Waals surface area contributed by atoms with Crippen LogP contribution in [0, 0.1) is 11.6 Å². The molecule has 1 fully saturated rings. The summed E-state index contributed by atoms with van der Waals surface area (Å²) in [6.07, 6.45) is -0.860. The first-order chi connectivity index (χ1) is 21.8. The topological polar surface area (TPSA) is 128 Å². The number of halogens is 5. The van der Waals surface area contributed by atoms with Gasteiger partial charge in [-0.25, -0.2) is 23.1 Å². The number of aromatic nitrogens is 4. The largest absolute Gasteiger partial charge is 0.411 e. The Hall–Kier alpha value is -4.99. The monoisotopic (exact) mass is 646 g/mol. The number of nitrogens with zero attached hydrogens (tertiary/aromatic N) is 5. The van der Waals surface area contributed by atoms with Gasteiger partial charge in [0, 0.05) is 44.5 Å². The van der Waals surface area contributed by atoms with E-state index in [-0.39, 0.29) is 37.2 Å². The molecular formula is C30H27F5N6O5. The summed E-state index contributed by atoms with van der Waals surface area (Å²) in [4.78, 5) is 60.6. The fourth-order valence-corrected chi connectivity index (χ4v) is 5.25. The minimum absolute atomic E-state index is 0.00673. The second-order valence-corrected chi connectivity index (χ2v) is 10.6. The van der Waals surface area contributed by atoms with Crippen LogP contribution >= 0.6 is 0 Å². The number of ketones is 1. The van der Waals surface area contributed by atoms with Crippen molar-refractivity contribution in [1.29, 1.82) is 0 Å². The smallest absolute Gasteiger partial charge is 0.377 e. The number of morpholine rings is 1. The number of alkyl halides is 3. The van der Waals surface area contributed by atoms with Gasteiger partial charge in [-0.2, -0.15) is 13.2 Å². The molecule has 0 radical (unpaired) electrons. The van der Waals surface area contributed by atoms with E-state index in [1.807, 2.05) is 0 Å². The summed E-state index contributed by atoms with van der Waals surface area (Å²) < 4.78 is 77.7. The minimum atomic E-state index is -4.73. The molecule has 0 bridgehead atoms. The molecule has 11 nitrogen and oxygen atoms in total. The third kappa shape index (κ3) is 6.24. The molecule has 0 saturated carbocycles. The van der Waals surface area contributed by atoms with E-state index in [0.717, 1.165) is 9.47 Å². The zero-order chi connectivity index (χ0) is 33.3. The lowest BCUT2D eigenvalue weighted by molar-refractivity contribution is -0.167. The Kier molecular flexibility index (Phi) is 9.01. The quantitative estimate of drug-likeness (QED) is 0.290. The molecule has 4 aromatic rings. The molecule has 1 saturated heterocycles. The van der Waals surface area contributed by atoms with Crippen molar-refractivity contribution in [3.05, 3.63) is 92.5 Å². The molecule has 3 aromatic heterocycles. The molecule has 0 unspecified atom stereocenters. The summed E-state index contributed by atoms with van der Waals surface area (Å²) >= 11 is 0. The summed E-state index contributed by atoms with van der Waals surface area (Å²) in [5.41, 5.74) is -2.06. The van der Waals surface area contributed by atoms with E-state index in [2.05, 4.69) is 15.3 Å². The van der Waals surface area contributed by atoms with Crippen molar-refractivity contribution in [3.63, 3.8) is 0 Å². The van der Waals surface area contributed by atoms with Crippen molar-refractivity contribution < 1.29 is 36.3 Å². The van der Waals surface area contributed by atoms with Gasteiger partial charge in [-0.05, 0) is 29.8 Å². The third-order valence-corrected chi connectivity index (χ3v) is 7.69. The van der Waals surface area contributed by atoms with Gasteiger partial charge in [-0.1, -0.05) is 13.0 Å². The number of rotatable bonds is 8. The Morgan fingerprint density at radius 3 is 2.46 bits per heavy atom. The number of carbonyl (C=O) groups excluding carboxylic acids is 2. The maximum atomic E-state index is 15.1. The van der Waals surface area contributed by atoms with Gasteiger partial charge in [0.2, 0.25) is 0 Å². The predicted octanol–water partition coefficient (Wildman–Crippen LogP) is 2.85. The molecule has 0 aliphatic carbocycles. The second-order valence-electron chi connectivity index (χ2n) is 10.6. The van der Waals surface area contributed by atoms with Crippen molar-refractivity contribution in [2.45, 2.75) is 38.0 Å². The van der Waals surface area contributed by atoms with Crippen LogP contribution in [0.15, 0.2) is 58.5 Å². The molecule has 5 rings (SSSR count). The third-order valence-electron chi connectivity index (χ3n) is 7.69. The molecule has 1 N–H and O–H groups in total. The number of hydrogen-bond donors (Lipinski definition) is 1. The molecule has 1 aliphatic rings. The summed E-state index contributed by atoms with van der Waals surface area (Å²) in [6, 6.07) is 2.19. The molecule has 0 spiro atoms. The van der Waals surface area contributed by atoms with Gasteiger partial charge >= 0.3 is 11.9 Å². The number of nitrogens with one attached hydrogen (secondary N) is 1. The first-order valence-corrected chi connectivity index (χ1v) is 14.1. The molecule has 2 atom stereocenters. The van der Waals surface area contributed by atoms with Crippen LogP contribution in [0.5, 0.6) is 0 Å². The highest BCUT2D eigenvalue weighted by Crippen LogP contribution is 2.32. The summed E-state index contributed by atoms with van der Waals surface area (Å²) in [5.74, 6) is -4.59. The molecule has 1 aliphatic heterocycles. The van der Waals surface area contributed by atoms with Crippen LogP contribution in [0.25, 0.3) is 16.7 Å². The lowest BCUT2D eigenvalue weighted by Gasteiger charge is -2.38. The van der Waals surface area contributed by atoms with Gasteiger partial charge in [0.25, 0.3) is 11.5 Å². The number of fused-ring (bicyclic) bond motifs is 1. The first-order valence-electron chi connectivity index (χ1n) is 14.1. The van der Waals surface area contributed by atoms with Gasteiger partial charge < -0.3 is 15.0 Å². The zero-order valence-electron chi connectivity index (χ0n) is 24.5. The number of ether oxygens (including phenoxy) is 1. The van der Waals surface area contributed by atoms with Gasteiger partial charge in [0.15, 0.2) is 5.78 Å². The Morgan fingerprint density at radius 1 is 1.11 bits per heavy atom. The second kappa shape index (κ2) is 12.8. The highest BCUT2D eigenvalue weighted by Gasteiger charge is 2.46. The van der Waals surface area contributed by atoms with E-state index in [1.165, 1.54) is 55.3 Å². The number of pyridine rings is 2. The van der Waals surface area contributed by atoms with Crippen LogP contribution in [0.4, 0.5) is 27.6 Å². The van der Waals surface area contributed by atoms with Gasteiger partial charge in [0.05, 0.1) is 36.4 Å². The fraction of sp³-hybridized carbons (Fsp3) is 0.333. The lowest BCUT2D eigenvalue weighted by atomic mass is 10.0. The van der Waals surface area contributed by atoms with Crippen LogP contribution in [0.1, 0.15) is 29.3 Å². The summed E-state index contributed by atoms with van der Waals surface area (Å²) in [7, 11) is 1.47. The van der Waals surface area contributed by atoms with E-state index in [9.17, 15) is 32.3 Å². The van der Waals surface area contributed by atoms with Crippen molar-refractivity contribution in [2.24, 2.45) is 7.05 Å². The van der Waals surface area contributed by atoms with Crippen LogP contribution < -0.4 is 21.5 Å². The molecular weight excluding hydrogens is 619 g/mol. The lowest BCUT2D eigenvalue weighted by Crippen LogP contribution is -2.53. The van der Waals surface area contributed by atoms with E-state index in [4.69, 9.17) is 4.74 Å². The van der Waals surface area contributed by atoms with Crippen molar-refractivity contribution >= 4 is 28.3 Å². The molecule has 4 heterocycles. The van der Waals surface area contributed by atoms with Gasteiger partial charge in [-0.15, -0.1) is 0 Å². The van der Waals surface area contributed by atoms with Gasteiger partial charge in [-0.3, -0.25) is 23.9 Å². The predicted molar refractivity (Wildman–Crippen MR) is 155 cm³/mol. The number of hydrogen-bond acceptors (Lipinski definition) is 8. The van der Waals surface area contributed by atoms with Crippen LogP contribution in [0.2, 0.25) is 0 Å². The van der Waals surface area contributed by atoms with Gasteiger partial charge in [0.1, 0.15) is 29.1 Å². The Bertz CT molecular complexity index is 1900. The van der Waals surface area contributed by atoms with E-state index >= 15 is 8.78 Å². The number of aryl methyl sites for hydroxylation is 1. The normalized spacial score (nSPS) is 16.0. The first kappa shape index (κ1) is 32.4. The van der Waals surface area contributed by atoms with E-state index < -0.39 is 70.7 Å². The maximum absolute atomic E-state index is 15.1. The van der Waals surface area contributed by atoms with Crippen LogP contribution in [-0.4, -0.2) is 68.8 Å². The zero-order valence-corrected chi connectivity index (χ0v) is 24.5. The number of amides is 1. The fourth-order valence-electron chi connectivity index (χ4n) is 5.25. The molecule has 242 valence electrons. The summed E-state index contributed by atoms with van der Waals surface area (Å²) in [6.45, 7) is 0.423. The molecule has 16 heteroatoms. The number of carbonyl (C=O) groups is 2. The van der Waals surface area contributed by atoms with Crippen LogP contribution in [-0.2, 0) is 23.0 Å².